The minimum absolute atomic E-state index is 0.00742. The largest absolute Gasteiger partial charge is 0.439 e. The topological polar surface area (TPSA) is 297 Å². The van der Waals surface area contributed by atoms with Gasteiger partial charge in [0.15, 0.2) is 12.3 Å². The highest BCUT2D eigenvalue weighted by Gasteiger charge is 2.34. The number of hydrogen-bond acceptors (Lipinski definition) is 15. The molecular weight excluding hydrogens is 1020 g/mol. The Bertz CT molecular complexity index is 3850. The van der Waals surface area contributed by atoms with E-state index >= 15 is 0 Å². The molecule has 2 fully saturated rings. The number of imide groups is 2. The zero-order chi connectivity index (χ0) is 52.8. The van der Waals surface area contributed by atoms with Gasteiger partial charge in [-0.25, -0.2) is 9.59 Å². The number of amides is 4. The van der Waals surface area contributed by atoms with E-state index in [0.29, 0.717) is 140 Å². The van der Waals surface area contributed by atoms with E-state index in [2.05, 4.69) is 9.97 Å². The predicted octanol–water partition coefficient (Wildman–Crippen LogP) is 7.13. The van der Waals surface area contributed by atoms with E-state index in [4.69, 9.17) is 18.8 Å². The molecule has 0 unspecified atom stereocenters. The quantitative estimate of drug-likeness (QED) is 0.0206. The smallest absolute Gasteiger partial charge is 0.374 e. The summed E-state index contributed by atoms with van der Waals surface area (Å²) in [6.07, 6.45) is 11.8. The standard InChI is InChI=1S/C51H46N6O16S2/c58-44-18-19-45(59)56(44)72-50(62)12-6-2-8-22-54-40-26-34-32-24-30(74(64,65)66)14-16-36(32)52-38(34)28-42(40)70-48(54)10-4-1-5-11-49-55(23-9-3-7-13-51(63)73-57-46(60)20-21-47(57)61)41-27-35-33-25-31(75(67,68)69)15-17-37(33)53-39(35)29-43(41)71-49/h1,4-5,10-11,14-17,24-29,52-53H,2-3,6-9,12-13,18-23H2,(H-,64,65,66,67,68,69)/p+1. The summed E-state index contributed by atoms with van der Waals surface area (Å²) in [5.74, 6) is -2.19. The number of aromatic amines is 2. The number of oxazole rings is 1. The van der Waals surface area contributed by atoms with Gasteiger partial charge in [-0.2, -0.15) is 21.4 Å². The summed E-state index contributed by atoms with van der Waals surface area (Å²) in [6.45, 7) is 0.840. The summed E-state index contributed by atoms with van der Waals surface area (Å²) in [7, 11) is -8.98. The number of nitrogens with zero attached hydrogens (tertiary/aromatic N) is 4. The molecule has 22 nitrogen and oxygen atoms in total. The van der Waals surface area contributed by atoms with Crippen molar-refractivity contribution in [3.8, 4) is 5.75 Å². The number of carbonyl (C=O) groups is 6. The third kappa shape index (κ3) is 10.5. The summed E-state index contributed by atoms with van der Waals surface area (Å²) >= 11 is 0. The molecule has 24 heteroatoms. The highest BCUT2D eigenvalue weighted by Crippen LogP contribution is 2.44. The van der Waals surface area contributed by atoms with Crippen molar-refractivity contribution in [2.24, 2.45) is 0 Å². The molecule has 388 valence electrons. The van der Waals surface area contributed by atoms with E-state index in [0.717, 1.165) is 0 Å². The normalized spacial score (nSPS) is 16.0. The molecule has 4 N–H and O–H groups in total. The summed E-state index contributed by atoms with van der Waals surface area (Å²) in [5, 5.41) is 3.53. The first-order chi connectivity index (χ1) is 35.9. The van der Waals surface area contributed by atoms with Crippen LogP contribution in [0.15, 0.2) is 105 Å². The fraction of sp³-hybridized carbons (Fsp3) is 0.275. The fourth-order valence-electron chi connectivity index (χ4n) is 9.36. The molecule has 0 spiro atoms. The van der Waals surface area contributed by atoms with Gasteiger partial charge < -0.3 is 33.7 Å². The highest BCUT2D eigenvalue weighted by atomic mass is 32.2. The predicted molar refractivity (Wildman–Crippen MR) is 267 cm³/mol. The van der Waals surface area contributed by atoms with Crippen molar-refractivity contribution < 1.29 is 78.1 Å². The maximum atomic E-state index is 12.5. The van der Waals surface area contributed by atoms with Crippen molar-refractivity contribution in [3.63, 3.8) is 0 Å². The average Bonchev–Trinajstić information content (AvgIpc) is 4.21. The molecule has 7 aromatic rings. The first-order valence-corrected chi connectivity index (χ1v) is 26.9. The molecule has 3 aromatic heterocycles. The van der Waals surface area contributed by atoms with Crippen LogP contribution in [0.3, 0.4) is 0 Å². The van der Waals surface area contributed by atoms with Crippen LogP contribution in [0.1, 0.15) is 82.9 Å². The fourth-order valence-corrected chi connectivity index (χ4v) is 10.4. The first kappa shape index (κ1) is 50.3. The number of aryl methyl sites for hydroxylation is 1. The molecular formula is C51H47N6O16S2+. The van der Waals surface area contributed by atoms with Crippen LogP contribution in [0.25, 0.3) is 60.8 Å². The molecule has 3 aliphatic heterocycles. The molecule has 75 heavy (non-hydrogen) atoms. The van der Waals surface area contributed by atoms with Gasteiger partial charge in [0, 0.05) is 102 Å². The zero-order valence-corrected chi connectivity index (χ0v) is 41.4. The molecule has 4 amide bonds. The number of rotatable bonds is 19. The van der Waals surface area contributed by atoms with Crippen LogP contribution in [-0.4, -0.2) is 88.1 Å². The molecule has 0 radical (unpaired) electrons. The van der Waals surface area contributed by atoms with Gasteiger partial charge in [0.2, 0.25) is 11.5 Å². The monoisotopic (exact) mass is 1060 g/mol. The lowest BCUT2D eigenvalue weighted by atomic mass is 10.1. The van der Waals surface area contributed by atoms with Crippen molar-refractivity contribution in [2.75, 3.05) is 11.4 Å². The van der Waals surface area contributed by atoms with Crippen LogP contribution in [0.5, 0.6) is 5.75 Å². The molecule has 4 aromatic carbocycles. The van der Waals surface area contributed by atoms with Crippen LogP contribution in [0.2, 0.25) is 0 Å². The molecule has 6 heterocycles. The number of fused-ring (bicyclic) bond motifs is 8. The Kier molecular flexibility index (Phi) is 13.6. The van der Waals surface area contributed by atoms with E-state index in [9.17, 15) is 54.7 Å². The molecule has 0 atom stereocenters. The maximum absolute atomic E-state index is 12.5. The van der Waals surface area contributed by atoms with E-state index in [1.807, 2.05) is 21.6 Å². The number of carbonyl (C=O) groups excluding carboxylic acids is 6. The number of allylic oxidation sites excluding steroid dienone is 4. The summed E-state index contributed by atoms with van der Waals surface area (Å²) in [5.41, 5.74) is 4.47. The Hall–Kier alpha value is -8.19. The first-order valence-electron chi connectivity index (χ1n) is 24.0. The number of nitrogens with one attached hydrogen (secondary N) is 2. The van der Waals surface area contributed by atoms with Gasteiger partial charge >= 0.3 is 17.8 Å². The van der Waals surface area contributed by atoms with Gasteiger partial charge in [-0.1, -0.05) is 24.6 Å². The Morgan fingerprint density at radius 3 is 1.73 bits per heavy atom. The average molecular weight is 1060 g/mol. The van der Waals surface area contributed by atoms with E-state index < -0.39 is 55.8 Å². The Morgan fingerprint density at radius 2 is 1.16 bits per heavy atom. The highest BCUT2D eigenvalue weighted by molar-refractivity contribution is 7.86. The Labute approximate surface area is 426 Å². The molecule has 0 bridgehead atoms. The Morgan fingerprint density at radius 1 is 0.627 bits per heavy atom. The van der Waals surface area contributed by atoms with Gasteiger partial charge in [-0.15, -0.1) is 10.1 Å². The van der Waals surface area contributed by atoms with Crippen molar-refractivity contribution in [3.05, 3.63) is 96.7 Å². The van der Waals surface area contributed by atoms with Crippen LogP contribution >= 0.6 is 0 Å². The van der Waals surface area contributed by atoms with Gasteiger partial charge in [0.05, 0.1) is 32.6 Å². The number of unbranched alkanes of at least 4 members (excludes halogenated alkanes) is 4. The molecule has 3 aliphatic rings. The molecule has 0 aliphatic carbocycles. The summed E-state index contributed by atoms with van der Waals surface area (Å²) in [6, 6.07) is 15.9. The third-order valence-corrected chi connectivity index (χ3v) is 14.8. The van der Waals surface area contributed by atoms with Gasteiger partial charge in [-0.3, -0.25) is 28.3 Å². The van der Waals surface area contributed by atoms with Crippen molar-refractivity contribution >= 4 is 122 Å². The number of hydrogen-bond donors (Lipinski definition) is 4. The number of aromatic nitrogens is 3. The third-order valence-electron chi connectivity index (χ3n) is 13.1. The van der Waals surface area contributed by atoms with Crippen molar-refractivity contribution in [1.82, 2.24) is 20.1 Å². The van der Waals surface area contributed by atoms with E-state index in [1.54, 1.807) is 54.6 Å². The minimum Gasteiger partial charge on any atom is -0.439 e. The summed E-state index contributed by atoms with van der Waals surface area (Å²) < 4.78 is 82.5. The number of benzene rings is 4. The SMILES string of the molecule is O=C(CCCCCN1/C(=C/C=C/C=C/c2oc3cc4[nH]c5ccc(S(=O)(=O)O)cc5c4cc3[n+]2CCCCCC(=O)ON2C(=O)CCC2=O)Oc2cc3[nH]c4ccc(S(=O)(=O)O)cc4c3cc21)ON1C(=O)CCC1=O. The number of hydroxylamine groups is 4. The number of H-pyrrole nitrogens is 2. The van der Waals surface area contributed by atoms with Crippen molar-refractivity contribution in [1.29, 1.82) is 0 Å². The molecule has 0 saturated carbocycles. The summed E-state index contributed by atoms with van der Waals surface area (Å²) in [4.78, 5) is 90.6. The minimum atomic E-state index is -4.49. The lowest BCUT2D eigenvalue weighted by Crippen LogP contribution is -2.35. The lowest BCUT2D eigenvalue weighted by molar-refractivity contribution is -0.678. The molecule has 2 saturated heterocycles. The second-order valence-electron chi connectivity index (χ2n) is 18.2. The van der Waals surface area contributed by atoms with Gasteiger partial charge in [-0.05, 0) is 74.2 Å². The van der Waals surface area contributed by atoms with Crippen molar-refractivity contribution in [2.45, 2.75) is 93.4 Å². The Balaban J connectivity index is 0.892. The van der Waals surface area contributed by atoms with Crippen LogP contribution in [0.4, 0.5) is 5.69 Å². The van der Waals surface area contributed by atoms with Crippen LogP contribution < -0.4 is 14.2 Å². The molecule has 10 rings (SSSR count). The van der Waals surface area contributed by atoms with Crippen LogP contribution in [0, 0.1) is 0 Å². The number of anilines is 1. The lowest BCUT2D eigenvalue weighted by Gasteiger charge is -2.18. The second-order valence-corrected chi connectivity index (χ2v) is 21.0. The van der Waals surface area contributed by atoms with E-state index in [-0.39, 0.29) is 48.3 Å². The second kappa shape index (κ2) is 20.3. The van der Waals surface area contributed by atoms with E-state index in [1.165, 1.54) is 24.3 Å². The zero-order valence-electron chi connectivity index (χ0n) is 39.8. The van der Waals surface area contributed by atoms with Gasteiger partial charge in [0.1, 0.15) is 0 Å². The van der Waals surface area contributed by atoms with Gasteiger partial charge in [0.25, 0.3) is 49.4 Å². The maximum Gasteiger partial charge on any atom is 0.374 e. The number of ether oxygens (including phenoxy) is 1. The van der Waals surface area contributed by atoms with Crippen LogP contribution in [-0.2, 0) is 65.2 Å².